The van der Waals surface area contributed by atoms with Gasteiger partial charge >= 0.3 is 6.18 Å². The van der Waals surface area contributed by atoms with Gasteiger partial charge in [-0.15, -0.1) is 0 Å². The van der Waals surface area contributed by atoms with Gasteiger partial charge in [0.05, 0.1) is 0 Å². The summed E-state index contributed by atoms with van der Waals surface area (Å²) in [7, 11) is 0. The van der Waals surface area contributed by atoms with Gasteiger partial charge in [0, 0.05) is 17.1 Å². The normalized spacial score (nSPS) is 12.3. The summed E-state index contributed by atoms with van der Waals surface area (Å²) in [6.07, 6.45) is -2.62. The molecule has 1 heterocycles. The van der Waals surface area contributed by atoms with E-state index in [1.165, 1.54) is 4.57 Å². The number of alkyl halides is 3. The maximum atomic E-state index is 12.3. The highest BCUT2D eigenvalue weighted by atomic mass is 19.4. The zero-order valence-corrected chi connectivity index (χ0v) is 9.10. The number of nitrogens with zero attached hydrogens (tertiary/aromatic N) is 1. The van der Waals surface area contributed by atoms with Gasteiger partial charge in [0.15, 0.2) is 0 Å². The van der Waals surface area contributed by atoms with Crippen molar-refractivity contribution in [2.24, 2.45) is 0 Å². The van der Waals surface area contributed by atoms with Crippen LogP contribution in [0.1, 0.15) is 11.1 Å². The topological polar surface area (TPSA) is 4.93 Å². The summed E-state index contributed by atoms with van der Waals surface area (Å²) in [5.74, 6) is 0. The van der Waals surface area contributed by atoms with Crippen LogP contribution in [0.5, 0.6) is 0 Å². The number of hydrogen-bond donors (Lipinski definition) is 0. The lowest BCUT2D eigenvalue weighted by Crippen LogP contribution is -2.16. The van der Waals surface area contributed by atoms with Gasteiger partial charge in [0.2, 0.25) is 0 Å². The third kappa shape index (κ3) is 2.05. The average Bonchev–Trinajstić information content (AvgIpc) is 2.40. The fourth-order valence-electron chi connectivity index (χ4n) is 1.91. The van der Waals surface area contributed by atoms with E-state index in [0.29, 0.717) is 5.52 Å². The predicted octanol–water partition coefficient (Wildman–Crippen LogP) is 3.82. The lowest BCUT2D eigenvalue weighted by Gasteiger charge is -2.08. The molecule has 2 aromatic rings. The van der Waals surface area contributed by atoms with Crippen LogP contribution in [0, 0.1) is 13.8 Å². The Kier molecular flexibility index (Phi) is 2.45. The van der Waals surface area contributed by atoms with Crippen LogP contribution in [0.2, 0.25) is 0 Å². The van der Waals surface area contributed by atoms with Crippen molar-refractivity contribution < 1.29 is 13.2 Å². The van der Waals surface area contributed by atoms with E-state index in [0.717, 1.165) is 16.5 Å². The fourth-order valence-corrected chi connectivity index (χ4v) is 1.91. The van der Waals surface area contributed by atoms with E-state index in [2.05, 4.69) is 0 Å². The van der Waals surface area contributed by atoms with Crippen molar-refractivity contribution >= 4 is 10.9 Å². The van der Waals surface area contributed by atoms with Crippen molar-refractivity contribution in [3.05, 3.63) is 35.5 Å². The molecule has 0 spiro atoms. The van der Waals surface area contributed by atoms with Gasteiger partial charge in [-0.1, -0.05) is 11.6 Å². The Labute approximate surface area is 91.5 Å². The second kappa shape index (κ2) is 3.54. The Bertz CT molecular complexity index is 523. The lowest BCUT2D eigenvalue weighted by atomic mass is 10.1. The van der Waals surface area contributed by atoms with Crippen LogP contribution in [-0.2, 0) is 6.54 Å². The Morgan fingerprint density at radius 2 is 1.88 bits per heavy atom. The summed E-state index contributed by atoms with van der Waals surface area (Å²) >= 11 is 0. The molecular formula is C12H12F3N. The van der Waals surface area contributed by atoms with Crippen molar-refractivity contribution in [3.63, 3.8) is 0 Å². The summed E-state index contributed by atoms with van der Waals surface area (Å²) < 4.78 is 38.3. The third-order valence-electron chi connectivity index (χ3n) is 2.59. The molecule has 1 aromatic carbocycles. The Morgan fingerprint density at radius 1 is 1.19 bits per heavy atom. The van der Waals surface area contributed by atoms with Gasteiger partial charge in [-0.2, -0.15) is 13.2 Å². The van der Waals surface area contributed by atoms with E-state index in [9.17, 15) is 13.2 Å². The van der Waals surface area contributed by atoms with Gasteiger partial charge in [0.1, 0.15) is 6.54 Å². The van der Waals surface area contributed by atoms with Crippen LogP contribution in [0.25, 0.3) is 10.9 Å². The quantitative estimate of drug-likeness (QED) is 0.698. The molecule has 0 unspecified atom stereocenters. The molecule has 16 heavy (non-hydrogen) atoms. The van der Waals surface area contributed by atoms with Crippen molar-refractivity contribution in [1.29, 1.82) is 0 Å². The zero-order chi connectivity index (χ0) is 11.9. The molecule has 0 amide bonds. The molecule has 2 rings (SSSR count). The summed E-state index contributed by atoms with van der Waals surface area (Å²) in [5.41, 5.74) is 2.57. The van der Waals surface area contributed by atoms with E-state index in [4.69, 9.17) is 0 Å². The number of halogens is 3. The molecule has 0 N–H and O–H groups in total. The summed E-state index contributed by atoms with van der Waals surface area (Å²) in [6, 6.07) is 5.48. The molecule has 1 aromatic heterocycles. The molecular weight excluding hydrogens is 215 g/mol. The first-order chi connectivity index (χ1) is 7.37. The van der Waals surface area contributed by atoms with Gasteiger partial charge in [-0.3, -0.25) is 0 Å². The molecule has 0 aliphatic carbocycles. The highest BCUT2D eigenvalue weighted by Gasteiger charge is 2.28. The molecule has 0 saturated carbocycles. The summed E-state index contributed by atoms with van der Waals surface area (Å²) in [5, 5.41) is 0.893. The molecule has 0 atom stereocenters. The highest BCUT2D eigenvalue weighted by Crippen LogP contribution is 2.26. The largest absolute Gasteiger partial charge is 0.406 e. The number of aromatic nitrogens is 1. The summed E-state index contributed by atoms with van der Waals surface area (Å²) in [6.45, 7) is 2.83. The number of aryl methyl sites for hydroxylation is 2. The number of rotatable bonds is 1. The predicted molar refractivity (Wildman–Crippen MR) is 57.5 cm³/mol. The molecule has 0 saturated heterocycles. The summed E-state index contributed by atoms with van der Waals surface area (Å²) in [4.78, 5) is 0. The number of benzene rings is 1. The first-order valence-electron chi connectivity index (χ1n) is 5.00. The molecule has 86 valence electrons. The Morgan fingerprint density at radius 3 is 2.50 bits per heavy atom. The Balaban J connectivity index is 2.55. The van der Waals surface area contributed by atoms with E-state index < -0.39 is 12.7 Å². The van der Waals surface area contributed by atoms with Crippen molar-refractivity contribution in [2.75, 3.05) is 0 Å². The number of fused-ring (bicyclic) bond motifs is 1. The second-order valence-electron chi connectivity index (χ2n) is 4.08. The van der Waals surface area contributed by atoms with Crippen LogP contribution >= 0.6 is 0 Å². The van der Waals surface area contributed by atoms with Gasteiger partial charge in [0.25, 0.3) is 0 Å². The van der Waals surface area contributed by atoms with Crippen LogP contribution in [0.15, 0.2) is 24.4 Å². The number of hydrogen-bond acceptors (Lipinski definition) is 0. The van der Waals surface area contributed by atoms with Crippen molar-refractivity contribution in [1.82, 2.24) is 4.57 Å². The molecule has 0 aliphatic heterocycles. The molecule has 0 radical (unpaired) electrons. The molecule has 0 aliphatic rings. The highest BCUT2D eigenvalue weighted by molar-refractivity contribution is 5.84. The molecule has 1 nitrogen and oxygen atoms in total. The molecule has 0 bridgehead atoms. The van der Waals surface area contributed by atoms with E-state index >= 15 is 0 Å². The average molecular weight is 227 g/mol. The van der Waals surface area contributed by atoms with Gasteiger partial charge in [-0.25, -0.2) is 0 Å². The van der Waals surface area contributed by atoms with E-state index in [-0.39, 0.29) is 0 Å². The lowest BCUT2D eigenvalue weighted by molar-refractivity contribution is -0.139. The first-order valence-corrected chi connectivity index (χ1v) is 5.00. The minimum absolute atomic E-state index is 0.639. The maximum absolute atomic E-state index is 12.3. The minimum atomic E-state index is -4.18. The first kappa shape index (κ1) is 11.0. The minimum Gasteiger partial charge on any atom is -0.338 e. The standard InChI is InChI=1S/C12H12F3N/c1-8-3-4-11-10(5-8)9(2)6-16(11)7-12(13,14)15/h3-6H,7H2,1-2H3. The van der Waals surface area contributed by atoms with Crippen molar-refractivity contribution in [2.45, 2.75) is 26.6 Å². The molecule has 4 heteroatoms. The van der Waals surface area contributed by atoms with E-state index in [1.54, 1.807) is 12.3 Å². The monoisotopic (exact) mass is 227 g/mol. The SMILES string of the molecule is Cc1ccc2c(c1)c(C)cn2CC(F)(F)F. The smallest absolute Gasteiger partial charge is 0.338 e. The van der Waals surface area contributed by atoms with Crippen LogP contribution < -0.4 is 0 Å². The van der Waals surface area contributed by atoms with E-state index in [1.807, 2.05) is 26.0 Å². The maximum Gasteiger partial charge on any atom is 0.406 e. The second-order valence-corrected chi connectivity index (χ2v) is 4.08. The van der Waals surface area contributed by atoms with Crippen LogP contribution in [-0.4, -0.2) is 10.7 Å². The van der Waals surface area contributed by atoms with Gasteiger partial charge in [-0.05, 0) is 31.5 Å². The zero-order valence-electron chi connectivity index (χ0n) is 9.10. The van der Waals surface area contributed by atoms with Gasteiger partial charge < -0.3 is 4.57 Å². The fraction of sp³-hybridized carbons (Fsp3) is 0.333. The molecule has 0 fully saturated rings. The van der Waals surface area contributed by atoms with Crippen molar-refractivity contribution in [3.8, 4) is 0 Å². The Hall–Kier alpha value is -1.45. The van der Waals surface area contributed by atoms with Crippen LogP contribution in [0.3, 0.4) is 0 Å². The third-order valence-corrected chi connectivity index (χ3v) is 2.59. The van der Waals surface area contributed by atoms with Crippen LogP contribution in [0.4, 0.5) is 13.2 Å².